The Kier molecular flexibility index (Phi) is 6.09. The summed E-state index contributed by atoms with van der Waals surface area (Å²) < 4.78 is 13.6. The molecule has 1 aliphatic carbocycles. The number of fused-ring (bicyclic) bond motifs is 6. The third-order valence-corrected chi connectivity index (χ3v) is 9.25. The highest BCUT2D eigenvalue weighted by molar-refractivity contribution is 5.91. The highest BCUT2D eigenvalue weighted by Gasteiger charge is 2.40. The number of aromatic nitrogens is 3. The molecular formula is C42H29N3O2. The minimum atomic E-state index is -0.147. The van der Waals surface area contributed by atoms with Crippen LogP contribution in [0.3, 0.4) is 0 Å². The largest absolute Gasteiger partial charge is 0.449 e. The molecule has 5 nitrogen and oxygen atoms in total. The number of rotatable bonds is 4. The van der Waals surface area contributed by atoms with Gasteiger partial charge in [0.25, 0.3) is 0 Å². The van der Waals surface area contributed by atoms with Gasteiger partial charge in [-0.05, 0) is 52.6 Å². The van der Waals surface area contributed by atoms with E-state index in [1.54, 1.807) is 6.20 Å². The van der Waals surface area contributed by atoms with E-state index in [0.717, 1.165) is 56.4 Å². The van der Waals surface area contributed by atoms with E-state index in [2.05, 4.69) is 67.4 Å². The molecule has 5 heteroatoms. The third-order valence-electron chi connectivity index (χ3n) is 9.25. The van der Waals surface area contributed by atoms with Crippen molar-refractivity contribution in [1.29, 1.82) is 0 Å². The summed E-state index contributed by atoms with van der Waals surface area (Å²) in [6, 6.07) is 45.1. The van der Waals surface area contributed by atoms with Gasteiger partial charge in [0.15, 0.2) is 28.8 Å². The van der Waals surface area contributed by atoms with Gasteiger partial charge in [-0.2, -0.15) is 0 Å². The maximum Gasteiger partial charge on any atom is 0.178 e. The van der Waals surface area contributed by atoms with Gasteiger partial charge in [0.2, 0.25) is 0 Å². The SMILES string of the molecule is CC1(C)c2ccccc2-c2c1ccc1c2Oc2c(cccc2-c2ccccc2-c2cc(-c3ccccn3)nc(-c3ccccc3)n2)O1. The van der Waals surface area contributed by atoms with Crippen molar-refractivity contribution in [3.8, 4) is 79.3 Å². The van der Waals surface area contributed by atoms with E-state index in [0.29, 0.717) is 17.3 Å². The Hall–Kier alpha value is -6.07. The van der Waals surface area contributed by atoms with Crippen molar-refractivity contribution in [2.24, 2.45) is 0 Å². The van der Waals surface area contributed by atoms with Crippen LogP contribution in [0.4, 0.5) is 0 Å². The lowest BCUT2D eigenvalue weighted by Crippen LogP contribution is -2.15. The average Bonchev–Trinajstić information content (AvgIpc) is 3.37. The summed E-state index contributed by atoms with van der Waals surface area (Å²) in [4.78, 5) is 14.7. The fourth-order valence-corrected chi connectivity index (χ4v) is 6.95. The highest BCUT2D eigenvalue weighted by Crippen LogP contribution is 2.59. The van der Waals surface area contributed by atoms with Crippen LogP contribution in [-0.2, 0) is 5.41 Å². The van der Waals surface area contributed by atoms with E-state index >= 15 is 0 Å². The van der Waals surface area contributed by atoms with Gasteiger partial charge >= 0.3 is 0 Å². The van der Waals surface area contributed by atoms with E-state index in [9.17, 15) is 0 Å². The smallest absolute Gasteiger partial charge is 0.178 e. The predicted molar refractivity (Wildman–Crippen MR) is 186 cm³/mol. The monoisotopic (exact) mass is 607 g/mol. The quantitative estimate of drug-likeness (QED) is 0.199. The van der Waals surface area contributed by atoms with Gasteiger partial charge in [-0.3, -0.25) is 4.98 Å². The normalized spacial score (nSPS) is 13.4. The summed E-state index contributed by atoms with van der Waals surface area (Å²) in [6.07, 6.45) is 1.79. The first-order valence-electron chi connectivity index (χ1n) is 15.8. The van der Waals surface area contributed by atoms with Crippen LogP contribution in [0.5, 0.6) is 23.0 Å². The highest BCUT2D eigenvalue weighted by atomic mass is 16.6. The van der Waals surface area contributed by atoms with E-state index in [1.807, 2.05) is 84.9 Å². The molecule has 0 unspecified atom stereocenters. The second-order valence-electron chi connectivity index (χ2n) is 12.4. The predicted octanol–water partition coefficient (Wildman–Crippen LogP) is 10.7. The van der Waals surface area contributed by atoms with E-state index in [4.69, 9.17) is 19.4 Å². The van der Waals surface area contributed by atoms with Crippen LogP contribution in [0.1, 0.15) is 25.0 Å². The van der Waals surface area contributed by atoms with Gasteiger partial charge in [0.1, 0.15) is 0 Å². The first-order valence-corrected chi connectivity index (χ1v) is 15.8. The van der Waals surface area contributed by atoms with Gasteiger partial charge in [-0.15, -0.1) is 0 Å². The van der Waals surface area contributed by atoms with Crippen LogP contribution in [0, 0.1) is 0 Å². The molecule has 0 N–H and O–H groups in total. The second-order valence-corrected chi connectivity index (χ2v) is 12.4. The van der Waals surface area contributed by atoms with Crippen LogP contribution in [0.25, 0.3) is 56.3 Å². The van der Waals surface area contributed by atoms with Crippen molar-refractivity contribution in [3.63, 3.8) is 0 Å². The van der Waals surface area contributed by atoms with Crippen LogP contribution in [-0.4, -0.2) is 15.0 Å². The number of nitrogens with zero attached hydrogens (tertiary/aromatic N) is 3. The third kappa shape index (κ3) is 4.35. The maximum atomic E-state index is 6.97. The molecule has 224 valence electrons. The summed E-state index contributed by atoms with van der Waals surface area (Å²) >= 11 is 0. The number of ether oxygens (including phenoxy) is 2. The van der Waals surface area contributed by atoms with Crippen molar-refractivity contribution in [2.75, 3.05) is 0 Å². The molecule has 0 atom stereocenters. The van der Waals surface area contributed by atoms with E-state index in [-0.39, 0.29) is 5.41 Å². The topological polar surface area (TPSA) is 57.1 Å². The molecule has 47 heavy (non-hydrogen) atoms. The Balaban J connectivity index is 1.21. The lowest BCUT2D eigenvalue weighted by Gasteiger charge is -2.27. The lowest BCUT2D eigenvalue weighted by atomic mass is 9.82. The molecule has 0 bridgehead atoms. The molecule has 9 rings (SSSR count). The van der Waals surface area contributed by atoms with Crippen LogP contribution in [0.2, 0.25) is 0 Å². The van der Waals surface area contributed by atoms with Crippen LogP contribution >= 0.6 is 0 Å². The number of hydrogen-bond donors (Lipinski definition) is 0. The van der Waals surface area contributed by atoms with E-state index in [1.165, 1.54) is 16.7 Å². The standard InChI is InChI=1S/C42H29N3O2/c1-42(2)31-19-9-8-17-30(31)38-32(42)22-23-37-40(38)47-39-29(18-12-21-36(39)46-37)27-15-6-7-16-28(27)34-25-35(33-20-10-11-24-43-33)45-41(44-34)26-13-4-3-5-14-26/h3-25H,1-2H3. The summed E-state index contributed by atoms with van der Waals surface area (Å²) in [5, 5.41) is 0. The fraction of sp³-hybridized carbons (Fsp3) is 0.0714. The van der Waals surface area contributed by atoms with Gasteiger partial charge in [-0.1, -0.05) is 117 Å². The summed E-state index contributed by atoms with van der Waals surface area (Å²) in [7, 11) is 0. The second kappa shape index (κ2) is 10.5. The molecule has 0 saturated carbocycles. The Morgan fingerprint density at radius 2 is 1.19 bits per heavy atom. The zero-order valence-corrected chi connectivity index (χ0v) is 25.9. The summed E-state index contributed by atoms with van der Waals surface area (Å²) in [5.41, 5.74) is 10.8. The first kappa shape index (κ1) is 27.3. The minimum absolute atomic E-state index is 0.147. The minimum Gasteiger partial charge on any atom is -0.449 e. The molecule has 0 amide bonds. The Bertz CT molecular complexity index is 2270. The van der Waals surface area contributed by atoms with Crippen molar-refractivity contribution in [2.45, 2.75) is 19.3 Å². The van der Waals surface area contributed by atoms with Gasteiger partial charge < -0.3 is 9.47 Å². The number of benzene rings is 5. The Morgan fingerprint density at radius 3 is 2.02 bits per heavy atom. The molecule has 7 aromatic rings. The lowest BCUT2D eigenvalue weighted by molar-refractivity contribution is 0.361. The zero-order chi connectivity index (χ0) is 31.5. The molecule has 0 saturated heterocycles. The number of pyridine rings is 1. The Morgan fingerprint density at radius 1 is 0.489 bits per heavy atom. The first-order chi connectivity index (χ1) is 23.1. The van der Waals surface area contributed by atoms with Gasteiger partial charge in [0.05, 0.1) is 17.1 Å². The summed E-state index contributed by atoms with van der Waals surface area (Å²) in [6.45, 7) is 4.54. The number of para-hydroxylation sites is 1. The van der Waals surface area contributed by atoms with Crippen molar-refractivity contribution in [1.82, 2.24) is 15.0 Å². The van der Waals surface area contributed by atoms with Crippen LogP contribution in [0.15, 0.2) is 140 Å². The molecule has 0 fully saturated rings. The molecule has 3 heterocycles. The molecule has 0 spiro atoms. The molecule has 0 radical (unpaired) electrons. The zero-order valence-electron chi connectivity index (χ0n) is 25.9. The molecule has 1 aliphatic heterocycles. The van der Waals surface area contributed by atoms with Crippen LogP contribution < -0.4 is 9.47 Å². The maximum absolute atomic E-state index is 6.97. The summed E-state index contributed by atoms with van der Waals surface area (Å²) in [5.74, 6) is 3.47. The molecule has 2 aliphatic rings. The fourth-order valence-electron chi connectivity index (χ4n) is 6.95. The van der Waals surface area contributed by atoms with Gasteiger partial charge in [0, 0.05) is 33.9 Å². The van der Waals surface area contributed by atoms with Crippen molar-refractivity contribution < 1.29 is 9.47 Å². The molecule has 2 aromatic heterocycles. The van der Waals surface area contributed by atoms with Crippen molar-refractivity contribution >= 4 is 0 Å². The molecule has 5 aromatic carbocycles. The number of hydrogen-bond acceptors (Lipinski definition) is 5. The van der Waals surface area contributed by atoms with E-state index < -0.39 is 0 Å². The molecular weight excluding hydrogens is 578 g/mol. The van der Waals surface area contributed by atoms with Crippen molar-refractivity contribution in [3.05, 3.63) is 151 Å². The van der Waals surface area contributed by atoms with Gasteiger partial charge in [-0.25, -0.2) is 9.97 Å². The Labute approximate surface area is 273 Å². The average molecular weight is 608 g/mol.